The van der Waals surface area contributed by atoms with Gasteiger partial charge >= 0.3 is 5.97 Å². The normalized spacial score (nSPS) is 26.4. The molecule has 2 fully saturated rings. The van der Waals surface area contributed by atoms with Crippen molar-refractivity contribution in [2.75, 3.05) is 0 Å². The number of rotatable bonds is 3. The summed E-state index contributed by atoms with van der Waals surface area (Å²) in [5, 5.41) is 9.56. The number of fused-ring (bicyclic) bond motifs is 5. The predicted octanol–water partition coefficient (Wildman–Crippen LogP) is 4.56. The predicted molar refractivity (Wildman–Crippen MR) is 123 cm³/mol. The molecule has 2 aliphatic carbocycles. The van der Waals surface area contributed by atoms with Crippen molar-refractivity contribution in [1.29, 1.82) is 0 Å². The van der Waals surface area contributed by atoms with Crippen molar-refractivity contribution in [3.05, 3.63) is 82.1 Å². The molecule has 0 saturated heterocycles. The number of aromatic nitrogens is 2. The van der Waals surface area contributed by atoms with Gasteiger partial charge in [-0.15, -0.1) is 0 Å². The highest BCUT2D eigenvalue weighted by atomic mass is 16.4. The van der Waals surface area contributed by atoms with Crippen LogP contribution in [-0.4, -0.2) is 31.6 Å². The van der Waals surface area contributed by atoms with Crippen LogP contribution in [0.1, 0.15) is 49.0 Å². The van der Waals surface area contributed by atoms with E-state index in [1.54, 1.807) is 12.1 Å². The van der Waals surface area contributed by atoms with Crippen molar-refractivity contribution in [3.8, 4) is 0 Å². The molecular formula is C26H25N3O3. The van der Waals surface area contributed by atoms with E-state index in [4.69, 9.17) is 0 Å². The zero-order chi connectivity index (χ0) is 21.8. The number of para-hydroxylation sites is 2. The summed E-state index contributed by atoms with van der Waals surface area (Å²) >= 11 is 0. The summed E-state index contributed by atoms with van der Waals surface area (Å²) in [4.78, 5) is 31.4. The Balaban J connectivity index is 1.45. The molecule has 6 rings (SSSR count). The van der Waals surface area contributed by atoms with Gasteiger partial charge in [0.05, 0.1) is 16.7 Å². The number of carboxylic acid groups (broad SMARTS) is 1. The molecule has 2 unspecified atom stereocenters. The maximum Gasteiger partial charge on any atom is 0.360 e. The van der Waals surface area contributed by atoms with E-state index in [0.29, 0.717) is 22.8 Å². The van der Waals surface area contributed by atoms with E-state index < -0.39 is 17.2 Å². The summed E-state index contributed by atoms with van der Waals surface area (Å²) in [7, 11) is 0. The van der Waals surface area contributed by atoms with Crippen molar-refractivity contribution in [3.63, 3.8) is 0 Å². The lowest BCUT2D eigenvalue weighted by Crippen LogP contribution is -2.42. The van der Waals surface area contributed by atoms with Gasteiger partial charge in [-0.25, -0.2) is 9.78 Å². The van der Waals surface area contributed by atoms with Crippen molar-refractivity contribution < 1.29 is 9.90 Å². The molecule has 6 heteroatoms. The summed E-state index contributed by atoms with van der Waals surface area (Å²) in [6, 6.07) is 7.65. The lowest BCUT2D eigenvalue weighted by atomic mass is 9.69. The van der Waals surface area contributed by atoms with E-state index >= 15 is 0 Å². The van der Waals surface area contributed by atoms with Crippen LogP contribution in [0.2, 0.25) is 0 Å². The molecule has 4 bridgehead atoms. The molecule has 0 spiro atoms. The Bertz CT molecular complexity index is 1300. The molecule has 32 heavy (non-hydrogen) atoms. The molecule has 0 amide bonds. The van der Waals surface area contributed by atoms with E-state index in [0.717, 1.165) is 23.2 Å². The highest BCUT2D eigenvalue weighted by Gasteiger charge is 2.37. The van der Waals surface area contributed by atoms with Gasteiger partial charge in [0.1, 0.15) is 0 Å². The summed E-state index contributed by atoms with van der Waals surface area (Å²) in [5.74, 6) is 0.315. The molecule has 6 nitrogen and oxygen atoms in total. The number of hydrogen-bond donors (Lipinski definition) is 1. The minimum absolute atomic E-state index is 0.458. The third-order valence-corrected chi connectivity index (χ3v) is 7.37. The minimum atomic E-state index is -1.31. The zero-order valence-electron chi connectivity index (χ0n) is 17.8. The fraction of sp³-hybridized carbons (Fsp3) is 0.346. The molecule has 1 N–H and O–H groups in total. The SMILES string of the molecule is O=C(O)c1nc2ccccc2n(C2=CC3=CC=CC(=C2)N3C2CC3CCCC(C3)C2)c1=O. The average molecular weight is 428 g/mol. The quantitative estimate of drug-likeness (QED) is 0.777. The molecule has 1 aromatic carbocycles. The first-order valence-electron chi connectivity index (χ1n) is 11.4. The summed E-state index contributed by atoms with van der Waals surface area (Å²) in [6.45, 7) is 0. The van der Waals surface area contributed by atoms with Gasteiger partial charge in [0.25, 0.3) is 5.56 Å². The lowest BCUT2D eigenvalue weighted by molar-refractivity contribution is 0.0688. The van der Waals surface area contributed by atoms with Crippen molar-refractivity contribution >= 4 is 22.7 Å². The molecule has 2 aliphatic heterocycles. The molecule has 2 aromatic rings. The standard InChI is InChI=1S/C26H25N3O3/c30-25-24(26(31)32)27-22-9-1-2-10-23(22)29(25)21-14-18-7-4-8-19(15-21)28(18)20-12-16-5-3-6-17(11-16)13-20/h1-2,4,7-10,14-17,20H,3,5-6,11-13H2,(H,31,32). The highest BCUT2D eigenvalue weighted by molar-refractivity contribution is 5.90. The number of nitrogens with zero attached hydrogens (tertiary/aromatic N) is 3. The van der Waals surface area contributed by atoms with Crippen LogP contribution in [0.4, 0.5) is 0 Å². The maximum atomic E-state index is 13.2. The largest absolute Gasteiger partial charge is 0.476 e. The Morgan fingerprint density at radius 1 is 1.00 bits per heavy atom. The second kappa shape index (κ2) is 7.33. The van der Waals surface area contributed by atoms with E-state index in [1.807, 2.05) is 30.4 Å². The Morgan fingerprint density at radius 2 is 1.75 bits per heavy atom. The molecule has 2 saturated carbocycles. The molecule has 0 radical (unpaired) electrons. The van der Waals surface area contributed by atoms with Crippen molar-refractivity contribution in [2.24, 2.45) is 11.8 Å². The average Bonchev–Trinajstić information content (AvgIpc) is 2.77. The highest BCUT2D eigenvalue weighted by Crippen LogP contribution is 2.44. The Labute approximate surface area is 185 Å². The van der Waals surface area contributed by atoms with E-state index in [-0.39, 0.29) is 0 Å². The van der Waals surface area contributed by atoms with Crippen LogP contribution in [0.25, 0.3) is 16.7 Å². The molecule has 4 aliphatic rings. The summed E-state index contributed by atoms with van der Waals surface area (Å²) < 4.78 is 1.49. The van der Waals surface area contributed by atoms with Crippen LogP contribution in [0.15, 0.2) is 70.8 Å². The minimum Gasteiger partial charge on any atom is -0.476 e. The van der Waals surface area contributed by atoms with Gasteiger partial charge in [0, 0.05) is 17.4 Å². The first-order chi connectivity index (χ1) is 15.6. The Morgan fingerprint density at radius 3 is 2.50 bits per heavy atom. The van der Waals surface area contributed by atoms with Gasteiger partial charge in [-0.1, -0.05) is 37.5 Å². The van der Waals surface area contributed by atoms with Crippen LogP contribution in [-0.2, 0) is 0 Å². The Hall–Kier alpha value is -3.41. The van der Waals surface area contributed by atoms with Gasteiger partial charge in [-0.2, -0.15) is 0 Å². The monoisotopic (exact) mass is 427 g/mol. The van der Waals surface area contributed by atoms with Crippen LogP contribution >= 0.6 is 0 Å². The van der Waals surface area contributed by atoms with Gasteiger partial charge in [0.15, 0.2) is 0 Å². The van der Waals surface area contributed by atoms with E-state index in [1.165, 1.54) is 43.1 Å². The second-order valence-corrected chi connectivity index (χ2v) is 9.38. The van der Waals surface area contributed by atoms with E-state index in [2.05, 4.69) is 22.0 Å². The fourth-order valence-corrected chi connectivity index (χ4v) is 6.12. The molecule has 162 valence electrons. The molecule has 2 atom stereocenters. The molecule has 1 aromatic heterocycles. The first kappa shape index (κ1) is 19.3. The maximum absolute atomic E-state index is 13.2. The number of carboxylic acids is 1. The molecule has 3 heterocycles. The number of carbonyl (C=O) groups is 1. The van der Waals surface area contributed by atoms with Crippen LogP contribution < -0.4 is 5.56 Å². The smallest absolute Gasteiger partial charge is 0.360 e. The topological polar surface area (TPSA) is 75.4 Å². The number of aromatic carboxylic acids is 1. The Kier molecular flexibility index (Phi) is 4.42. The van der Waals surface area contributed by atoms with Crippen LogP contribution in [0.5, 0.6) is 0 Å². The third-order valence-electron chi connectivity index (χ3n) is 7.37. The summed E-state index contributed by atoms with van der Waals surface area (Å²) in [5.41, 5.74) is 2.83. The first-order valence-corrected chi connectivity index (χ1v) is 11.4. The lowest BCUT2D eigenvalue weighted by Gasteiger charge is -2.46. The third kappa shape index (κ3) is 3.05. The van der Waals surface area contributed by atoms with Gasteiger partial charge in [-0.3, -0.25) is 9.36 Å². The number of benzene rings is 1. The number of allylic oxidation sites excluding steroid dienone is 6. The van der Waals surface area contributed by atoms with Crippen LogP contribution in [0, 0.1) is 11.8 Å². The van der Waals surface area contributed by atoms with Crippen molar-refractivity contribution in [2.45, 2.75) is 44.6 Å². The van der Waals surface area contributed by atoms with E-state index in [9.17, 15) is 14.7 Å². The van der Waals surface area contributed by atoms with Gasteiger partial charge < -0.3 is 10.0 Å². The van der Waals surface area contributed by atoms with Gasteiger partial charge in [0.2, 0.25) is 5.69 Å². The van der Waals surface area contributed by atoms with Gasteiger partial charge in [-0.05, 0) is 67.5 Å². The number of hydrogen-bond acceptors (Lipinski definition) is 4. The second-order valence-electron chi connectivity index (χ2n) is 9.38. The summed E-state index contributed by atoms with van der Waals surface area (Å²) in [6.07, 6.45) is 18.1. The zero-order valence-corrected chi connectivity index (χ0v) is 17.8. The molecular weight excluding hydrogens is 402 g/mol. The van der Waals surface area contributed by atoms with Crippen molar-refractivity contribution in [1.82, 2.24) is 14.5 Å². The van der Waals surface area contributed by atoms with Crippen LogP contribution in [0.3, 0.4) is 0 Å². The fourth-order valence-electron chi connectivity index (χ4n) is 6.12.